The number of rotatable bonds is 7. The molecule has 3 heteroatoms. The highest BCUT2D eigenvalue weighted by Crippen LogP contribution is 2.18. The second-order valence-electron chi connectivity index (χ2n) is 5.19. The summed E-state index contributed by atoms with van der Waals surface area (Å²) in [4.78, 5) is 11.7. The largest absolute Gasteiger partial charge is 0.391 e. The molecule has 0 saturated heterocycles. The van der Waals surface area contributed by atoms with Crippen LogP contribution < -0.4 is 5.32 Å². The number of unbranched alkanes of at least 4 members (excludes halogenated alkanes) is 4. The van der Waals surface area contributed by atoms with Crippen molar-refractivity contribution in [3.63, 3.8) is 0 Å². The normalized spacial score (nSPS) is 24.6. The predicted octanol–water partition coefficient (Wildman–Crippen LogP) is 2.77. The van der Waals surface area contributed by atoms with Crippen LogP contribution in [0.15, 0.2) is 0 Å². The van der Waals surface area contributed by atoms with Gasteiger partial charge in [-0.15, -0.1) is 0 Å². The minimum absolute atomic E-state index is 0.00638. The highest BCUT2D eigenvalue weighted by atomic mass is 16.3. The van der Waals surface area contributed by atoms with E-state index in [9.17, 15) is 9.90 Å². The summed E-state index contributed by atoms with van der Waals surface area (Å²) in [5.41, 5.74) is 0. The first-order chi connectivity index (χ1) is 8.24. The van der Waals surface area contributed by atoms with Crippen molar-refractivity contribution in [2.75, 3.05) is 0 Å². The molecule has 0 aliphatic heterocycles. The number of carbonyl (C=O) groups excluding carboxylic acids is 1. The molecule has 2 atom stereocenters. The number of hydrogen-bond acceptors (Lipinski definition) is 2. The molecule has 0 spiro atoms. The van der Waals surface area contributed by atoms with Crippen molar-refractivity contribution in [2.45, 2.75) is 83.3 Å². The maximum atomic E-state index is 11.7. The van der Waals surface area contributed by atoms with Crippen LogP contribution in [-0.2, 0) is 4.79 Å². The first-order valence-electron chi connectivity index (χ1n) is 7.21. The summed E-state index contributed by atoms with van der Waals surface area (Å²) in [6.07, 6.45) is 10.1. The fraction of sp³-hybridized carbons (Fsp3) is 0.929. The summed E-state index contributed by atoms with van der Waals surface area (Å²) < 4.78 is 0. The van der Waals surface area contributed by atoms with E-state index >= 15 is 0 Å². The zero-order valence-corrected chi connectivity index (χ0v) is 11.1. The van der Waals surface area contributed by atoms with Gasteiger partial charge in [0, 0.05) is 6.42 Å². The van der Waals surface area contributed by atoms with E-state index in [-0.39, 0.29) is 18.1 Å². The highest BCUT2D eigenvalue weighted by molar-refractivity contribution is 5.76. The van der Waals surface area contributed by atoms with Crippen LogP contribution in [0.4, 0.5) is 0 Å². The van der Waals surface area contributed by atoms with Crippen molar-refractivity contribution in [3.8, 4) is 0 Å². The topological polar surface area (TPSA) is 49.3 Å². The number of aliphatic hydroxyl groups excluding tert-OH is 1. The fourth-order valence-electron chi connectivity index (χ4n) is 2.45. The molecule has 0 heterocycles. The van der Waals surface area contributed by atoms with Crippen LogP contribution in [0.3, 0.4) is 0 Å². The Bertz CT molecular complexity index is 218. The van der Waals surface area contributed by atoms with Gasteiger partial charge in [-0.3, -0.25) is 4.79 Å². The maximum Gasteiger partial charge on any atom is 0.220 e. The van der Waals surface area contributed by atoms with Crippen molar-refractivity contribution in [2.24, 2.45) is 0 Å². The van der Waals surface area contributed by atoms with Gasteiger partial charge in [-0.1, -0.05) is 45.4 Å². The van der Waals surface area contributed by atoms with E-state index in [1.54, 1.807) is 0 Å². The first-order valence-corrected chi connectivity index (χ1v) is 7.21. The molecule has 1 aliphatic rings. The average molecular weight is 241 g/mol. The number of aliphatic hydroxyl groups is 1. The molecule has 17 heavy (non-hydrogen) atoms. The van der Waals surface area contributed by atoms with Gasteiger partial charge in [0.15, 0.2) is 0 Å². The van der Waals surface area contributed by atoms with Crippen molar-refractivity contribution < 1.29 is 9.90 Å². The van der Waals surface area contributed by atoms with E-state index in [2.05, 4.69) is 12.2 Å². The number of nitrogens with one attached hydrogen (secondary N) is 1. The monoisotopic (exact) mass is 241 g/mol. The first kappa shape index (κ1) is 14.5. The summed E-state index contributed by atoms with van der Waals surface area (Å²) in [6, 6.07) is 0.00638. The lowest BCUT2D eigenvalue weighted by Gasteiger charge is -2.28. The Morgan fingerprint density at radius 2 is 1.88 bits per heavy atom. The molecular weight excluding hydrogens is 214 g/mol. The summed E-state index contributed by atoms with van der Waals surface area (Å²) in [6.45, 7) is 2.19. The summed E-state index contributed by atoms with van der Waals surface area (Å²) in [7, 11) is 0. The molecule has 3 nitrogen and oxygen atoms in total. The molecule has 0 bridgehead atoms. The second kappa shape index (κ2) is 8.51. The van der Waals surface area contributed by atoms with Gasteiger partial charge < -0.3 is 10.4 Å². The Balaban J connectivity index is 2.07. The fourth-order valence-corrected chi connectivity index (χ4v) is 2.45. The van der Waals surface area contributed by atoms with E-state index in [1.807, 2.05) is 0 Å². The number of hydrogen-bond donors (Lipinski definition) is 2. The minimum Gasteiger partial charge on any atom is -0.391 e. The molecule has 100 valence electrons. The lowest BCUT2D eigenvalue weighted by molar-refractivity contribution is -0.123. The van der Waals surface area contributed by atoms with Crippen LogP contribution in [0.2, 0.25) is 0 Å². The molecule has 1 saturated carbocycles. The Morgan fingerprint density at radius 1 is 1.18 bits per heavy atom. The maximum absolute atomic E-state index is 11.7. The Morgan fingerprint density at radius 3 is 2.59 bits per heavy atom. The third-order valence-electron chi connectivity index (χ3n) is 3.58. The molecule has 1 amide bonds. The molecule has 1 aliphatic carbocycles. The lowest BCUT2D eigenvalue weighted by atomic mass is 9.92. The SMILES string of the molecule is CCCCCCCC(=O)N[C@H]1CCCC[C@@H]1O. The zero-order chi connectivity index (χ0) is 12.5. The Labute approximate surface area is 105 Å². The Hall–Kier alpha value is -0.570. The molecule has 1 fully saturated rings. The molecule has 0 aromatic heterocycles. The molecule has 0 aromatic carbocycles. The Kier molecular flexibility index (Phi) is 7.25. The standard InChI is InChI=1S/C14H27NO2/c1-2-3-4-5-6-11-14(17)15-12-9-7-8-10-13(12)16/h12-13,16H,2-11H2,1H3,(H,15,17)/t12-,13-/m0/s1. The molecule has 1 rings (SSSR count). The van der Waals surface area contributed by atoms with Crippen molar-refractivity contribution in [1.29, 1.82) is 0 Å². The van der Waals surface area contributed by atoms with E-state index in [4.69, 9.17) is 0 Å². The van der Waals surface area contributed by atoms with Gasteiger partial charge in [0.25, 0.3) is 0 Å². The van der Waals surface area contributed by atoms with Gasteiger partial charge in [-0.2, -0.15) is 0 Å². The molecule has 0 unspecified atom stereocenters. The third kappa shape index (κ3) is 6.06. The number of carbonyl (C=O) groups is 1. The van der Waals surface area contributed by atoms with Gasteiger partial charge in [0.2, 0.25) is 5.91 Å². The van der Waals surface area contributed by atoms with E-state index < -0.39 is 0 Å². The molecular formula is C14H27NO2. The smallest absolute Gasteiger partial charge is 0.220 e. The van der Waals surface area contributed by atoms with Crippen LogP contribution >= 0.6 is 0 Å². The van der Waals surface area contributed by atoms with Crippen molar-refractivity contribution >= 4 is 5.91 Å². The van der Waals surface area contributed by atoms with Crippen LogP contribution in [0.25, 0.3) is 0 Å². The van der Waals surface area contributed by atoms with Crippen LogP contribution in [0, 0.1) is 0 Å². The van der Waals surface area contributed by atoms with E-state index in [1.165, 1.54) is 19.3 Å². The zero-order valence-electron chi connectivity index (χ0n) is 11.1. The van der Waals surface area contributed by atoms with E-state index in [0.29, 0.717) is 6.42 Å². The number of amides is 1. The minimum atomic E-state index is -0.326. The van der Waals surface area contributed by atoms with Crippen molar-refractivity contribution in [1.82, 2.24) is 5.32 Å². The van der Waals surface area contributed by atoms with Gasteiger partial charge in [0.1, 0.15) is 0 Å². The van der Waals surface area contributed by atoms with E-state index in [0.717, 1.165) is 38.5 Å². The second-order valence-corrected chi connectivity index (χ2v) is 5.19. The van der Waals surface area contributed by atoms with Gasteiger partial charge in [-0.25, -0.2) is 0 Å². The van der Waals surface area contributed by atoms with Gasteiger partial charge in [-0.05, 0) is 19.3 Å². The predicted molar refractivity (Wildman–Crippen MR) is 69.8 cm³/mol. The quantitative estimate of drug-likeness (QED) is 0.673. The molecule has 0 aromatic rings. The van der Waals surface area contributed by atoms with Crippen LogP contribution in [0.5, 0.6) is 0 Å². The molecule has 0 radical (unpaired) electrons. The lowest BCUT2D eigenvalue weighted by Crippen LogP contribution is -2.44. The van der Waals surface area contributed by atoms with Crippen molar-refractivity contribution in [3.05, 3.63) is 0 Å². The van der Waals surface area contributed by atoms with Crippen LogP contribution in [-0.4, -0.2) is 23.2 Å². The summed E-state index contributed by atoms with van der Waals surface area (Å²) in [5.74, 6) is 0.118. The van der Waals surface area contributed by atoms with Gasteiger partial charge >= 0.3 is 0 Å². The summed E-state index contributed by atoms with van der Waals surface area (Å²) >= 11 is 0. The van der Waals surface area contributed by atoms with Crippen LogP contribution in [0.1, 0.15) is 71.1 Å². The van der Waals surface area contributed by atoms with Gasteiger partial charge in [0.05, 0.1) is 12.1 Å². The highest BCUT2D eigenvalue weighted by Gasteiger charge is 2.23. The molecule has 2 N–H and O–H groups in total. The summed E-state index contributed by atoms with van der Waals surface area (Å²) in [5, 5.41) is 12.7. The third-order valence-corrected chi connectivity index (χ3v) is 3.58. The average Bonchev–Trinajstić information content (AvgIpc) is 2.32.